The summed E-state index contributed by atoms with van der Waals surface area (Å²) < 4.78 is 12.5. The van der Waals surface area contributed by atoms with Crippen molar-refractivity contribution in [1.29, 1.82) is 0 Å². The highest BCUT2D eigenvalue weighted by Crippen LogP contribution is 2.33. The standard InChI is InChI=1S/C20H19N5O4S/c26-19(13-1-2-16-17(9-13)29-12-28-16)23-18-3-6-22-25(18)14-4-7-24(8-5-14)20(27)15-10-30-11-21-15/h1-3,6,9-11,14H,4-5,7-8,12H2,(H,23,26). The third-order valence-corrected chi connectivity index (χ3v) is 5.88. The Morgan fingerprint density at radius 3 is 2.77 bits per heavy atom. The molecule has 2 amide bonds. The van der Waals surface area contributed by atoms with E-state index in [4.69, 9.17) is 9.47 Å². The maximum absolute atomic E-state index is 12.7. The SMILES string of the molecule is O=C(Nc1ccnn1C1CCN(C(=O)c2cscn2)CC1)c1ccc2c(c1)OCO2. The molecule has 1 saturated heterocycles. The molecule has 0 bridgehead atoms. The molecule has 2 aliphatic rings. The number of aromatic nitrogens is 3. The first-order valence-electron chi connectivity index (χ1n) is 9.61. The average Bonchev–Trinajstić information content (AvgIpc) is 3.54. The second-order valence-corrected chi connectivity index (χ2v) is 7.80. The first-order chi connectivity index (χ1) is 14.7. The van der Waals surface area contributed by atoms with E-state index in [2.05, 4.69) is 15.4 Å². The molecule has 0 aliphatic carbocycles. The zero-order valence-corrected chi connectivity index (χ0v) is 16.8. The highest BCUT2D eigenvalue weighted by Gasteiger charge is 2.27. The van der Waals surface area contributed by atoms with Crippen molar-refractivity contribution >= 4 is 29.0 Å². The van der Waals surface area contributed by atoms with Gasteiger partial charge in [-0.15, -0.1) is 11.3 Å². The smallest absolute Gasteiger partial charge is 0.273 e. The number of carbonyl (C=O) groups excluding carboxylic acids is 2. The molecule has 10 heteroatoms. The minimum absolute atomic E-state index is 0.0356. The molecule has 0 radical (unpaired) electrons. The molecular formula is C20H19N5O4S. The number of piperidine rings is 1. The molecule has 0 saturated carbocycles. The van der Waals surface area contributed by atoms with Gasteiger partial charge in [-0.05, 0) is 31.0 Å². The van der Waals surface area contributed by atoms with Crippen LogP contribution in [0.5, 0.6) is 11.5 Å². The summed E-state index contributed by atoms with van der Waals surface area (Å²) in [7, 11) is 0. The Balaban J connectivity index is 1.24. The fraction of sp³-hybridized carbons (Fsp3) is 0.300. The van der Waals surface area contributed by atoms with E-state index in [9.17, 15) is 9.59 Å². The van der Waals surface area contributed by atoms with Crippen LogP contribution in [0.1, 0.15) is 39.7 Å². The van der Waals surface area contributed by atoms with Crippen LogP contribution in [-0.4, -0.2) is 51.4 Å². The second-order valence-electron chi connectivity index (χ2n) is 7.08. The number of anilines is 1. The Morgan fingerprint density at radius 2 is 1.97 bits per heavy atom. The summed E-state index contributed by atoms with van der Waals surface area (Å²) >= 11 is 1.41. The van der Waals surface area contributed by atoms with Gasteiger partial charge in [0.1, 0.15) is 11.5 Å². The summed E-state index contributed by atoms with van der Waals surface area (Å²) in [6.07, 6.45) is 3.18. The summed E-state index contributed by atoms with van der Waals surface area (Å²) in [6, 6.07) is 6.97. The molecule has 0 atom stereocenters. The monoisotopic (exact) mass is 425 g/mol. The van der Waals surface area contributed by atoms with Gasteiger partial charge in [0.2, 0.25) is 6.79 Å². The predicted octanol–water partition coefficient (Wildman–Crippen LogP) is 2.80. The molecule has 0 unspecified atom stereocenters. The number of likely N-dealkylation sites (tertiary alicyclic amines) is 1. The number of amides is 2. The van der Waals surface area contributed by atoms with Crippen LogP contribution >= 0.6 is 11.3 Å². The van der Waals surface area contributed by atoms with Gasteiger partial charge in [-0.3, -0.25) is 9.59 Å². The molecule has 4 heterocycles. The van der Waals surface area contributed by atoms with E-state index in [0.29, 0.717) is 41.7 Å². The summed E-state index contributed by atoms with van der Waals surface area (Å²) in [5, 5.41) is 9.10. The fourth-order valence-corrected chi connectivity index (χ4v) is 4.25. The molecule has 2 aromatic heterocycles. The molecule has 1 fully saturated rings. The van der Waals surface area contributed by atoms with Crippen LogP contribution in [0.2, 0.25) is 0 Å². The maximum Gasteiger partial charge on any atom is 0.273 e. The first-order valence-corrected chi connectivity index (χ1v) is 10.6. The van der Waals surface area contributed by atoms with Crippen LogP contribution in [0.25, 0.3) is 0 Å². The number of benzene rings is 1. The van der Waals surface area contributed by atoms with Crippen molar-refractivity contribution in [3.05, 3.63) is 52.6 Å². The van der Waals surface area contributed by atoms with Crippen molar-refractivity contribution in [2.45, 2.75) is 18.9 Å². The first kappa shape index (κ1) is 18.6. The Hall–Kier alpha value is -3.40. The Kier molecular flexibility index (Phi) is 4.83. The molecule has 3 aromatic rings. The lowest BCUT2D eigenvalue weighted by molar-refractivity contribution is 0.0686. The van der Waals surface area contributed by atoms with Crippen LogP contribution in [0.4, 0.5) is 5.82 Å². The third kappa shape index (κ3) is 3.50. The van der Waals surface area contributed by atoms with Crippen LogP contribution in [0.3, 0.4) is 0 Å². The zero-order valence-electron chi connectivity index (χ0n) is 16.0. The van der Waals surface area contributed by atoms with Crippen molar-refractivity contribution < 1.29 is 19.1 Å². The number of thiazole rings is 1. The van der Waals surface area contributed by atoms with E-state index in [-0.39, 0.29) is 24.6 Å². The van der Waals surface area contributed by atoms with E-state index in [1.807, 2.05) is 9.58 Å². The maximum atomic E-state index is 12.7. The van der Waals surface area contributed by atoms with Crippen molar-refractivity contribution in [1.82, 2.24) is 19.7 Å². The molecule has 9 nitrogen and oxygen atoms in total. The van der Waals surface area contributed by atoms with E-state index in [0.717, 1.165) is 12.8 Å². The van der Waals surface area contributed by atoms with Gasteiger partial charge in [0, 0.05) is 30.1 Å². The molecule has 154 valence electrons. The average molecular weight is 425 g/mol. The van der Waals surface area contributed by atoms with Crippen LogP contribution in [-0.2, 0) is 0 Å². The third-order valence-electron chi connectivity index (χ3n) is 5.30. The molecule has 0 spiro atoms. The number of hydrogen-bond acceptors (Lipinski definition) is 7. The van der Waals surface area contributed by atoms with Gasteiger partial charge in [-0.25, -0.2) is 9.67 Å². The molecule has 30 heavy (non-hydrogen) atoms. The Bertz CT molecular complexity index is 1070. The van der Waals surface area contributed by atoms with Gasteiger partial charge >= 0.3 is 0 Å². The van der Waals surface area contributed by atoms with Crippen molar-refractivity contribution in [2.24, 2.45) is 0 Å². The van der Waals surface area contributed by atoms with Gasteiger partial charge in [-0.2, -0.15) is 5.10 Å². The Morgan fingerprint density at radius 1 is 1.13 bits per heavy atom. The fourth-order valence-electron chi connectivity index (χ4n) is 3.72. The van der Waals surface area contributed by atoms with Gasteiger partial charge in [0.05, 0.1) is 17.7 Å². The normalized spacial score (nSPS) is 15.9. The van der Waals surface area contributed by atoms with Crippen molar-refractivity contribution in [2.75, 3.05) is 25.2 Å². The summed E-state index contributed by atoms with van der Waals surface area (Å²) in [6.45, 7) is 1.41. The number of fused-ring (bicyclic) bond motifs is 1. The lowest BCUT2D eigenvalue weighted by Crippen LogP contribution is -2.39. The molecule has 1 aromatic carbocycles. The lowest BCUT2D eigenvalue weighted by Gasteiger charge is -2.32. The van der Waals surface area contributed by atoms with Crippen LogP contribution in [0.15, 0.2) is 41.4 Å². The topological polar surface area (TPSA) is 98.6 Å². The van der Waals surface area contributed by atoms with E-state index < -0.39 is 0 Å². The predicted molar refractivity (Wildman–Crippen MR) is 109 cm³/mol. The van der Waals surface area contributed by atoms with Crippen molar-refractivity contribution in [3.8, 4) is 11.5 Å². The number of ether oxygens (including phenoxy) is 2. The quantitative estimate of drug-likeness (QED) is 0.690. The Labute approximate surface area is 176 Å². The van der Waals surface area contributed by atoms with Crippen molar-refractivity contribution in [3.63, 3.8) is 0 Å². The lowest BCUT2D eigenvalue weighted by atomic mass is 10.0. The minimum atomic E-state index is -0.244. The number of nitrogens with one attached hydrogen (secondary N) is 1. The highest BCUT2D eigenvalue weighted by molar-refractivity contribution is 7.07. The van der Waals surface area contributed by atoms with E-state index >= 15 is 0 Å². The van der Waals surface area contributed by atoms with Gasteiger partial charge < -0.3 is 19.7 Å². The number of rotatable bonds is 4. The van der Waals surface area contributed by atoms with Crippen LogP contribution in [0, 0.1) is 0 Å². The second kappa shape index (κ2) is 7.79. The minimum Gasteiger partial charge on any atom is -0.454 e. The largest absolute Gasteiger partial charge is 0.454 e. The van der Waals surface area contributed by atoms with E-state index in [1.165, 1.54) is 11.3 Å². The van der Waals surface area contributed by atoms with Gasteiger partial charge in [-0.1, -0.05) is 0 Å². The zero-order chi connectivity index (χ0) is 20.5. The molecular weight excluding hydrogens is 406 g/mol. The molecule has 2 aliphatic heterocycles. The highest BCUT2D eigenvalue weighted by atomic mass is 32.1. The van der Waals surface area contributed by atoms with E-state index in [1.54, 1.807) is 41.4 Å². The molecule has 1 N–H and O–H groups in total. The number of carbonyl (C=O) groups is 2. The van der Waals surface area contributed by atoms with Gasteiger partial charge in [0.25, 0.3) is 11.8 Å². The summed E-state index contributed by atoms with van der Waals surface area (Å²) in [5.74, 6) is 1.54. The van der Waals surface area contributed by atoms with Crippen LogP contribution < -0.4 is 14.8 Å². The van der Waals surface area contributed by atoms with Gasteiger partial charge in [0.15, 0.2) is 11.5 Å². The molecule has 5 rings (SSSR count). The summed E-state index contributed by atoms with van der Waals surface area (Å²) in [4.78, 5) is 31.1. The number of hydrogen-bond donors (Lipinski definition) is 1. The number of nitrogens with zero attached hydrogens (tertiary/aromatic N) is 4. The summed E-state index contributed by atoms with van der Waals surface area (Å²) in [5.41, 5.74) is 2.64.